The average Bonchev–Trinajstić information content (AvgIpc) is 3.19. The van der Waals surface area contributed by atoms with Crippen LogP contribution in [0.4, 0.5) is 0 Å². The third-order valence-corrected chi connectivity index (χ3v) is 7.85. The Hall–Kier alpha value is -1.72. The molecule has 1 atom stereocenters. The number of H-pyrrole nitrogens is 1. The standard InChI is InChI=1S/C21H29BrClN5O3Si/c1-14(17-10-28(12-27-17)13-30-7-8-32(2,3)4)24-5-6-31-20-18-16(9-15(22)19(20)23)25-11-26-21(18)29/h9-12,14,24H,5-8,13H2,1-4H3,(H,25,26,29). The summed E-state index contributed by atoms with van der Waals surface area (Å²) in [6, 6.07) is 2.87. The van der Waals surface area contributed by atoms with Crippen molar-refractivity contribution in [2.75, 3.05) is 19.8 Å². The summed E-state index contributed by atoms with van der Waals surface area (Å²) in [6.45, 7) is 11.2. The summed E-state index contributed by atoms with van der Waals surface area (Å²) in [5, 5.41) is 4.05. The summed E-state index contributed by atoms with van der Waals surface area (Å²) < 4.78 is 14.2. The van der Waals surface area contributed by atoms with Crippen LogP contribution in [0.2, 0.25) is 30.7 Å². The van der Waals surface area contributed by atoms with Crippen LogP contribution in [0.5, 0.6) is 5.75 Å². The quantitative estimate of drug-likeness (QED) is 0.272. The van der Waals surface area contributed by atoms with Crippen molar-refractivity contribution in [3.05, 3.63) is 50.5 Å². The molecule has 2 N–H and O–H groups in total. The molecule has 174 valence electrons. The third-order valence-electron chi connectivity index (χ3n) is 4.91. The van der Waals surface area contributed by atoms with E-state index < -0.39 is 8.07 Å². The van der Waals surface area contributed by atoms with Gasteiger partial charge in [0.15, 0.2) is 5.75 Å². The van der Waals surface area contributed by atoms with Crippen LogP contribution in [-0.2, 0) is 11.5 Å². The number of nitrogens with zero attached hydrogens (tertiary/aromatic N) is 3. The first-order chi connectivity index (χ1) is 15.2. The van der Waals surface area contributed by atoms with Gasteiger partial charge in [-0.2, -0.15) is 0 Å². The molecule has 1 unspecified atom stereocenters. The van der Waals surface area contributed by atoms with E-state index in [1.165, 1.54) is 6.33 Å². The SMILES string of the molecule is CC(NCCOc1c(Cl)c(Br)cc2nc[nH]c(=O)c12)c1cn(COCC[Si](C)(C)C)cn1. The first-order valence-corrected chi connectivity index (χ1v) is 15.3. The minimum Gasteiger partial charge on any atom is -0.490 e. The maximum Gasteiger partial charge on any atom is 0.262 e. The lowest BCUT2D eigenvalue weighted by atomic mass is 10.2. The molecule has 3 aromatic rings. The normalized spacial score (nSPS) is 12.9. The Morgan fingerprint density at radius 1 is 1.31 bits per heavy atom. The van der Waals surface area contributed by atoms with E-state index in [0.29, 0.717) is 46.0 Å². The molecule has 2 heterocycles. The van der Waals surface area contributed by atoms with Gasteiger partial charge in [-0.25, -0.2) is 9.97 Å². The minimum absolute atomic E-state index is 0.0293. The fraction of sp³-hybridized carbons (Fsp3) is 0.476. The van der Waals surface area contributed by atoms with Crippen LogP contribution >= 0.6 is 27.5 Å². The molecule has 0 bridgehead atoms. The number of benzene rings is 1. The molecule has 0 saturated heterocycles. The van der Waals surface area contributed by atoms with Crippen LogP contribution in [0.3, 0.4) is 0 Å². The predicted molar refractivity (Wildman–Crippen MR) is 133 cm³/mol. The highest BCUT2D eigenvalue weighted by Gasteiger charge is 2.16. The van der Waals surface area contributed by atoms with E-state index in [4.69, 9.17) is 21.1 Å². The van der Waals surface area contributed by atoms with Crippen molar-refractivity contribution in [2.45, 2.75) is 45.4 Å². The Labute approximate surface area is 201 Å². The molecule has 0 radical (unpaired) electrons. The van der Waals surface area contributed by atoms with Crippen molar-refractivity contribution in [1.82, 2.24) is 24.8 Å². The number of hydrogen-bond acceptors (Lipinski definition) is 6. The first-order valence-electron chi connectivity index (χ1n) is 10.5. The number of aromatic nitrogens is 4. The summed E-state index contributed by atoms with van der Waals surface area (Å²) in [5.74, 6) is 0.319. The predicted octanol–water partition coefficient (Wildman–Crippen LogP) is 4.58. The molecule has 0 spiro atoms. The third kappa shape index (κ3) is 6.64. The lowest BCUT2D eigenvalue weighted by Crippen LogP contribution is -2.25. The molecule has 3 rings (SSSR count). The zero-order chi connectivity index (χ0) is 23.3. The van der Waals surface area contributed by atoms with Crippen molar-refractivity contribution in [3.8, 4) is 5.75 Å². The van der Waals surface area contributed by atoms with E-state index in [0.717, 1.165) is 18.3 Å². The molecule has 2 aromatic heterocycles. The number of rotatable bonds is 11. The van der Waals surface area contributed by atoms with Gasteiger partial charge in [0.25, 0.3) is 5.56 Å². The molecule has 11 heteroatoms. The number of halogens is 2. The highest BCUT2D eigenvalue weighted by molar-refractivity contribution is 9.10. The lowest BCUT2D eigenvalue weighted by molar-refractivity contribution is 0.0870. The van der Waals surface area contributed by atoms with E-state index in [1.807, 2.05) is 17.7 Å². The van der Waals surface area contributed by atoms with Crippen LogP contribution < -0.4 is 15.6 Å². The van der Waals surface area contributed by atoms with Crippen molar-refractivity contribution in [2.24, 2.45) is 0 Å². The van der Waals surface area contributed by atoms with Gasteiger partial charge < -0.3 is 24.3 Å². The first kappa shape index (κ1) is 24.9. The fourth-order valence-electron chi connectivity index (χ4n) is 3.03. The Morgan fingerprint density at radius 3 is 2.84 bits per heavy atom. The van der Waals surface area contributed by atoms with Gasteiger partial charge in [-0.1, -0.05) is 31.2 Å². The Bertz CT molecular complexity index is 1110. The summed E-state index contributed by atoms with van der Waals surface area (Å²) in [4.78, 5) is 23.5. The molecule has 0 aliphatic carbocycles. The van der Waals surface area contributed by atoms with Crippen LogP contribution in [0.25, 0.3) is 10.9 Å². The Kier molecular flexibility index (Phi) is 8.51. The van der Waals surface area contributed by atoms with Gasteiger partial charge in [-0.15, -0.1) is 0 Å². The summed E-state index contributed by atoms with van der Waals surface area (Å²) in [5.41, 5.74) is 1.14. The van der Waals surface area contributed by atoms with Gasteiger partial charge in [0.1, 0.15) is 18.7 Å². The highest BCUT2D eigenvalue weighted by Crippen LogP contribution is 2.37. The van der Waals surface area contributed by atoms with E-state index in [1.54, 1.807) is 12.4 Å². The summed E-state index contributed by atoms with van der Waals surface area (Å²) in [7, 11) is -1.08. The van der Waals surface area contributed by atoms with Gasteiger partial charge in [-0.3, -0.25) is 4.79 Å². The molecule has 0 aliphatic rings. The molecule has 0 saturated carbocycles. The topological polar surface area (TPSA) is 94.1 Å². The zero-order valence-electron chi connectivity index (χ0n) is 18.7. The number of imidazole rings is 1. The lowest BCUT2D eigenvalue weighted by Gasteiger charge is -2.15. The molecular weight excluding hydrogens is 514 g/mol. The van der Waals surface area contributed by atoms with Crippen molar-refractivity contribution >= 4 is 46.5 Å². The number of fused-ring (bicyclic) bond motifs is 1. The van der Waals surface area contributed by atoms with Crippen LogP contribution in [-0.4, -0.2) is 47.4 Å². The molecule has 0 fully saturated rings. The molecular formula is C21H29BrClN5O3Si. The van der Waals surface area contributed by atoms with E-state index in [9.17, 15) is 4.79 Å². The van der Waals surface area contributed by atoms with Gasteiger partial charge in [0, 0.05) is 37.9 Å². The largest absolute Gasteiger partial charge is 0.490 e. The van der Waals surface area contributed by atoms with Crippen LogP contribution in [0, 0.1) is 0 Å². The average molecular weight is 543 g/mol. The fourth-order valence-corrected chi connectivity index (χ4v) is 4.39. The number of aromatic amines is 1. The van der Waals surface area contributed by atoms with E-state index in [-0.39, 0.29) is 11.6 Å². The molecule has 32 heavy (non-hydrogen) atoms. The Balaban J connectivity index is 1.51. The number of ether oxygens (including phenoxy) is 2. The minimum atomic E-state index is -1.08. The second-order valence-electron chi connectivity index (χ2n) is 8.81. The number of hydrogen-bond donors (Lipinski definition) is 2. The summed E-state index contributed by atoms with van der Waals surface area (Å²) in [6.07, 6.45) is 5.12. The zero-order valence-corrected chi connectivity index (χ0v) is 22.1. The van der Waals surface area contributed by atoms with Gasteiger partial charge in [0.05, 0.1) is 28.9 Å². The number of nitrogens with one attached hydrogen (secondary N) is 2. The Morgan fingerprint density at radius 2 is 2.09 bits per heavy atom. The molecule has 0 amide bonds. The second-order valence-corrected chi connectivity index (χ2v) is 15.7. The maximum absolute atomic E-state index is 12.3. The van der Waals surface area contributed by atoms with Gasteiger partial charge in [-0.05, 0) is 35.0 Å². The molecule has 1 aromatic carbocycles. The monoisotopic (exact) mass is 541 g/mol. The maximum atomic E-state index is 12.3. The van der Waals surface area contributed by atoms with Crippen molar-refractivity contribution < 1.29 is 9.47 Å². The van der Waals surface area contributed by atoms with E-state index >= 15 is 0 Å². The van der Waals surface area contributed by atoms with E-state index in [2.05, 4.69) is 55.8 Å². The van der Waals surface area contributed by atoms with Crippen LogP contribution in [0.15, 0.2) is 34.2 Å². The molecule has 8 nitrogen and oxygen atoms in total. The van der Waals surface area contributed by atoms with Gasteiger partial charge in [0.2, 0.25) is 0 Å². The van der Waals surface area contributed by atoms with Crippen molar-refractivity contribution in [1.29, 1.82) is 0 Å². The van der Waals surface area contributed by atoms with Crippen molar-refractivity contribution in [3.63, 3.8) is 0 Å². The summed E-state index contributed by atoms with van der Waals surface area (Å²) >= 11 is 9.76. The highest BCUT2D eigenvalue weighted by atomic mass is 79.9. The molecule has 0 aliphatic heterocycles. The smallest absolute Gasteiger partial charge is 0.262 e. The van der Waals surface area contributed by atoms with Gasteiger partial charge >= 0.3 is 0 Å². The second kappa shape index (κ2) is 10.9. The van der Waals surface area contributed by atoms with Crippen LogP contribution in [0.1, 0.15) is 18.7 Å².